The molecule has 1 aliphatic rings. The van der Waals surface area contributed by atoms with Gasteiger partial charge < -0.3 is 0 Å². The van der Waals surface area contributed by atoms with Gasteiger partial charge in [-0.3, -0.25) is 4.99 Å². The molecule has 0 bridgehead atoms. The Morgan fingerprint density at radius 1 is 0.824 bits per heavy atom. The monoisotopic (exact) mass is 237 g/mol. The Balaban J connectivity index is 1.79. The van der Waals surface area contributed by atoms with Gasteiger partial charge in [0.1, 0.15) is 0 Å². The Hall–Kier alpha value is -0.330. The summed E-state index contributed by atoms with van der Waals surface area (Å²) in [6.45, 7) is 3.39. The molecule has 0 saturated carbocycles. The minimum atomic E-state index is 1.10. The number of nitrogens with zero attached hydrogens (tertiary/aromatic N) is 1. The largest absolute Gasteiger partial charge is 0.294 e. The van der Waals surface area contributed by atoms with Crippen molar-refractivity contribution in [3.05, 3.63) is 0 Å². The molecule has 1 aliphatic heterocycles. The minimum Gasteiger partial charge on any atom is -0.294 e. The van der Waals surface area contributed by atoms with Gasteiger partial charge in [0.2, 0.25) is 0 Å². The second kappa shape index (κ2) is 10.8. The van der Waals surface area contributed by atoms with Crippen molar-refractivity contribution >= 4 is 5.71 Å². The summed E-state index contributed by atoms with van der Waals surface area (Å²) >= 11 is 0. The third-order valence-corrected chi connectivity index (χ3v) is 3.78. The van der Waals surface area contributed by atoms with Gasteiger partial charge in [-0.1, -0.05) is 58.3 Å². The van der Waals surface area contributed by atoms with Crippen LogP contribution in [0.3, 0.4) is 0 Å². The molecule has 0 unspecified atom stereocenters. The van der Waals surface area contributed by atoms with E-state index in [0.29, 0.717) is 0 Å². The maximum absolute atomic E-state index is 4.61. The molecule has 1 nitrogen and oxygen atoms in total. The van der Waals surface area contributed by atoms with E-state index in [-0.39, 0.29) is 0 Å². The third kappa shape index (κ3) is 8.40. The molecule has 0 saturated heterocycles. The first-order chi connectivity index (χ1) is 8.43. The predicted octanol–water partition coefficient (Wildman–Crippen LogP) is 5.53. The number of aliphatic imine (C=N–C) groups is 1. The van der Waals surface area contributed by atoms with Gasteiger partial charge >= 0.3 is 0 Å². The van der Waals surface area contributed by atoms with E-state index in [9.17, 15) is 0 Å². The molecule has 0 fully saturated rings. The highest BCUT2D eigenvalue weighted by Gasteiger charge is 2.04. The summed E-state index contributed by atoms with van der Waals surface area (Å²) < 4.78 is 0. The molecule has 100 valence electrons. The van der Waals surface area contributed by atoms with Gasteiger partial charge in [-0.2, -0.15) is 0 Å². The molecule has 1 rings (SSSR count). The molecule has 0 aromatic heterocycles. The number of rotatable bonds is 10. The predicted molar refractivity (Wildman–Crippen MR) is 78.0 cm³/mol. The zero-order valence-electron chi connectivity index (χ0n) is 11.8. The highest BCUT2D eigenvalue weighted by Crippen LogP contribution is 2.14. The summed E-state index contributed by atoms with van der Waals surface area (Å²) in [6.07, 6.45) is 18.2. The lowest BCUT2D eigenvalue weighted by Gasteiger charge is -2.11. The zero-order chi connectivity index (χ0) is 12.2. The summed E-state index contributed by atoms with van der Waals surface area (Å²) in [4.78, 5) is 4.61. The maximum Gasteiger partial charge on any atom is 0.0388 e. The van der Waals surface area contributed by atoms with Gasteiger partial charge in [-0.05, 0) is 32.1 Å². The fourth-order valence-electron chi connectivity index (χ4n) is 2.60. The van der Waals surface area contributed by atoms with Gasteiger partial charge in [-0.15, -0.1) is 0 Å². The highest BCUT2D eigenvalue weighted by molar-refractivity contribution is 5.84. The van der Waals surface area contributed by atoms with Crippen LogP contribution in [-0.4, -0.2) is 12.3 Å². The van der Waals surface area contributed by atoms with Crippen LogP contribution in [0, 0.1) is 0 Å². The summed E-state index contributed by atoms with van der Waals surface area (Å²) in [5, 5.41) is 0. The van der Waals surface area contributed by atoms with Crippen LogP contribution in [0.15, 0.2) is 4.99 Å². The normalized spacial score (nSPS) is 15.9. The zero-order valence-corrected chi connectivity index (χ0v) is 11.8. The van der Waals surface area contributed by atoms with Gasteiger partial charge in [0.15, 0.2) is 0 Å². The first-order valence-electron chi connectivity index (χ1n) is 7.95. The molecule has 17 heavy (non-hydrogen) atoms. The molecule has 0 aliphatic carbocycles. The van der Waals surface area contributed by atoms with Gasteiger partial charge in [0.25, 0.3) is 0 Å². The Morgan fingerprint density at radius 3 is 2.06 bits per heavy atom. The average molecular weight is 237 g/mol. The van der Waals surface area contributed by atoms with E-state index >= 15 is 0 Å². The van der Waals surface area contributed by atoms with Gasteiger partial charge in [0, 0.05) is 12.3 Å². The topological polar surface area (TPSA) is 12.4 Å². The SMILES string of the molecule is CCCCCCCCCCCC1=NCCCC1. The fraction of sp³-hybridized carbons (Fsp3) is 0.938. The summed E-state index contributed by atoms with van der Waals surface area (Å²) in [5.74, 6) is 0. The van der Waals surface area contributed by atoms with Crippen LogP contribution in [0.5, 0.6) is 0 Å². The Morgan fingerprint density at radius 2 is 1.47 bits per heavy atom. The molecule has 1 heteroatoms. The first kappa shape index (κ1) is 14.7. The summed E-state index contributed by atoms with van der Waals surface area (Å²) in [7, 11) is 0. The second-order valence-electron chi connectivity index (χ2n) is 5.48. The second-order valence-corrected chi connectivity index (χ2v) is 5.48. The Bertz CT molecular complexity index is 196. The maximum atomic E-state index is 4.61. The number of unbranched alkanes of at least 4 members (excludes halogenated alkanes) is 8. The van der Waals surface area contributed by atoms with E-state index in [4.69, 9.17) is 0 Å². The molecule has 1 heterocycles. The quantitative estimate of drug-likeness (QED) is 0.443. The van der Waals surface area contributed by atoms with Crippen molar-refractivity contribution in [2.45, 2.75) is 90.4 Å². The standard InChI is InChI=1S/C16H31N/c1-2-3-4-5-6-7-8-9-10-13-16-14-11-12-15-17-16/h2-15H2,1H3. The van der Waals surface area contributed by atoms with Crippen LogP contribution >= 0.6 is 0 Å². The van der Waals surface area contributed by atoms with Gasteiger partial charge in [-0.25, -0.2) is 0 Å². The van der Waals surface area contributed by atoms with Crippen molar-refractivity contribution in [2.75, 3.05) is 6.54 Å². The molecule has 0 aromatic carbocycles. The molecular formula is C16H31N. The van der Waals surface area contributed by atoms with E-state index in [1.807, 2.05) is 0 Å². The fourth-order valence-corrected chi connectivity index (χ4v) is 2.60. The van der Waals surface area contributed by atoms with Crippen LogP contribution < -0.4 is 0 Å². The first-order valence-corrected chi connectivity index (χ1v) is 7.95. The number of hydrogen-bond donors (Lipinski definition) is 0. The Labute approximate surface area is 108 Å². The summed E-state index contributed by atoms with van der Waals surface area (Å²) in [6, 6.07) is 0. The van der Waals surface area contributed by atoms with Crippen LogP contribution in [0.4, 0.5) is 0 Å². The van der Waals surface area contributed by atoms with Crippen LogP contribution in [-0.2, 0) is 0 Å². The van der Waals surface area contributed by atoms with E-state index in [1.165, 1.54) is 89.2 Å². The average Bonchev–Trinajstić information content (AvgIpc) is 2.38. The van der Waals surface area contributed by atoms with E-state index in [1.54, 1.807) is 0 Å². The molecule has 0 aromatic rings. The van der Waals surface area contributed by atoms with Crippen LogP contribution in [0.25, 0.3) is 0 Å². The van der Waals surface area contributed by atoms with Crippen molar-refractivity contribution < 1.29 is 0 Å². The van der Waals surface area contributed by atoms with Crippen molar-refractivity contribution in [1.82, 2.24) is 0 Å². The minimum absolute atomic E-state index is 1.10. The van der Waals surface area contributed by atoms with E-state index in [0.717, 1.165) is 6.54 Å². The lowest BCUT2D eigenvalue weighted by atomic mass is 10.0. The van der Waals surface area contributed by atoms with Gasteiger partial charge in [0.05, 0.1) is 0 Å². The molecule has 0 radical (unpaired) electrons. The molecule has 0 atom stereocenters. The van der Waals surface area contributed by atoms with Crippen molar-refractivity contribution in [3.63, 3.8) is 0 Å². The molecule has 0 spiro atoms. The Kier molecular flexibility index (Phi) is 9.36. The highest BCUT2D eigenvalue weighted by atomic mass is 14.7. The van der Waals surface area contributed by atoms with Crippen molar-refractivity contribution in [1.29, 1.82) is 0 Å². The smallest absolute Gasteiger partial charge is 0.0388 e. The van der Waals surface area contributed by atoms with Crippen LogP contribution in [0.2, 0.25) is 0 Å². The van der Waals surface area contributed by atoms with Crippen molar-refractivity contribution in [2.24, 2.45) is 4.99 Å². The molecule has 0 N–H and O–H groups in total. The lowest BCUT2D eigenvalue weighted by molar-refractivity contribution is 0.566. The van der Waals surface area contributed by atoms with Crippen LogP contribution in [0.1, 0.15) is 90.4 Å². The molecule has 0 amide bonds. The van der Waals surface area contributed by atoms with Crippen molar-refractivity contribution in [3.8, 4) is 0 Å². The third-order valence-electron chi connectivity index (χ3n) is 3.78. The number of hydrogen-bond acceptors (Lipinski definition) is 1. The summed E-state index contributed by atoms with van der Waals surface area (Å²) in [5.41, 5.74) is 1.51. The molecular weight excluding hydrogens is 206 g/mol. The van der Waals surface area contributed by atoms with E-state index in [2.05, 4.69) is 11.9 Å². The lowest BCUT2D eigenvalue weighted by Crippen LogP contribution is -2.05. The van der Waals surface area contributed by atoms with E-state index < -0.39 is 0 Å².